The van der Waals surface area contributed by atoms with Crippen LogP contribution >= 0.6 is 0 Å². The van der Waals surface area contributed by atoms with E-state index in [9.17, 15) is 4.79 Å². The molecule has 1 rings (SSSR count). The molecule has 1 aliphatic rings. The fourth-order valence-corrected chi connectivity index (χ4v) is 2.94. The normalized spacial score (nSPS) is 20.0. The number of carbonyl (C=O) groups excluding carboxylic acids is 1. The molecule has 1 atom stereocenters. The van der Waals surface area contributed by atoms with E-state index in [0.29, 0.717) is 13.0 Å². The third-order valence-electron chi connectivity index (χ3n) is 3.78. The van der Waals surface area contributed by atoms with E-state index in [0.717, 1.165) is 19.5 Å². The number of amides is 1. The van der Waals surface area contributed by atoms with Gasteiger partial charge in [0, 0.05) is 40.1 Å². The standard InChI is InChI=1S/C17H28N3O.Re/c1-14(2)12-17(3,4)8-6-16(21)20-11-10-19(5)13-15(20)7-9-18;/h6,8,15H,7,10-13H2,1-5H3;/q-1;/b8-6+;. The van der Waals surface area contributed by atoms with Gasteiger partial charge >= 0.3 is 0 Å². The molecule has 1 heterocycles. The first-order valence-electron chi connectivity index (χ1n) is 7.59. The maximum atomic E-state index is 12.4. The third kappa shape index (κ3) is 7.05. The van der Waals surface area contributed by atoms with Crippen molar-refractivity contribution in [1.29, 1.82) is 5.26 Å². The van der Waals surface area contributed by atoms with E-state index in [2.05, 4.69) is 38.7 Å². The van der Waals surface area contributed by atoms with Gasteiger partial charge in [0.2, 0.25) is 5.91 Å². The zero-order valence-electron chi connectivity index (χ0n) is 14.4. The van der Waals surface area contributed by atoms with Crippen LogP contribution in [0.25, 0.3) is 0 Å². The molecule has 22 heavy (non-hydrogen) atoms. The smallest absolute Gasteiger partial charge is 0.246 e. The molecule has 125 valence electrons. The van der Waals surface area contributed by atoms with Gasteiger partial charge in [0.05, 0.1) is 18.5 Å². The van der Waals surface area contributed by atoms with Crippen molar-refractivity contribution in [2.75, 3.05) is 26.7 Å². The molecule has 0 N–H and O–H groups in total. The van der Waals surface area contributed by atoms with Crippen LogP contribution in [0.1, 0.15) is 40.5 Å². The molecule has 1 radical (unpaired) electrons. The van der Waals surface area contributed by atoms with Crippen molar-refractivity contribution >= 4 is 5.91 Å². The Hall–Kier alpha value is -0.678. The van der Waals surface area contributed by atoms with Crippen molar-refractivity contribution in [2.24, 2.45) is 5.41 Å². The molecule has 4 nitrogen and oxygen atoms in total. The first-order valence-corrected chi connectivity index (χ1v) is 7.59. The van der Waals surface area contributed by atoms with E-state index in [1.165, 1.54) is 5.92 Å². The second-order valence-electron chi connectivity index (χ2n) is 7.02. The van der Waals surface area contributed by atoms with Crippen LogP contribution in [0, 0.1) is 22.7 Å². The number of nitriles is 1. The Morgan fingerprint density at radius 2 is 2.05 bits per heavy atom. The van der Waals surface area contributed by atoms with Gasteiger partial charge in [-0.1, -0.05) is 19.9 Å². The van der Waals surface area contributed by atoms with Crippen LogP contribution in [0.15, 0.2) is 12.2 Å². The summed E-state index contributed by atoms with van der Waals surface area (Å²) in [5.41, 5.74) is -0.00814. The average molecular weight is 477 g/mol. The summed E-state index contributed by atoms with van der Waals surface area (Å²) in [4.78, 5) is 16.4. The Kier molecular flexibility index (Phi) is 9.17. The molecule has 0 aromatic carbocycles. The molecule has 1 aliphatic heterocycles. The van der Waals surface area contributed by atoms with Crippen LogP contribution in [0.4, 0.5) is 0 Å². The fraction of sp³-hybridized carbons (Fsp3) is 0.706. The Morgan fingerprint density at radius 3 is 2.59 bits per heavy atom. The molecule has 0 saturated carbocycles. The molecule has 0 bridgehead atoms. The van der Waals surface area contributed by atoms with Gasteiger partial charge in [-0.2, -0.15) is 25.5 Å². The summed E-state index contributed by atoms with van der Waals surface area (Å²) in [6.45, 7) is 10.8. The van der Waals surface area contributed by atoms with Crippen molar-refractivity contribution in [1.82, 2.24) is 9.80 Å². The van der Waals surface area contributed by atoms with Gasteiger partial charge in [0.1, 0.15) is 0 Å². The van der Waals surface area contributed by atoms with E-state index >= 15 is 0 Å². The van der Waals surface area contributed by atoms with E-state index in [1.807, 2.05) is 18.0 Å². The number of hydrogen-bond acceptors (Lipinski definition) is 3. The SMILES string of the molecule is C[C-](C)CC(C)(C)/C=C/C(=O)N1CCN(C)CC1CC#N.[Re]. The van der Waals surface area contributed by atoms with Gasteiger partial charge < -0.3 is 15.7 Å². The Balaban J connectivity index is 0.00000441. The molecular formula is C17H28N3ORe-. The Bertz CT molecular complexity index is 426. The number of nitrogens with zero attached hydrogens (tertiary/aromatic N) is 3. The second-order valence-corrected chi connectivity index (χ2v) is 7.02. The van der Waals surface area contributed by atoms with Crippen molar-refractivity contribution in [3.05, 3.63) is 18.1 Å². The van der Waals surface area contributed by atoms with Gasteiger partial charge in [0.15, 0.2) is 0 Å². The zero-order valence-corrected chi connectivity index (χ0v) is 17.1. The number of piperazine rings is 1. The molecule has 0 spiro atoms. The van der Waals surface area contributed by atoms with Crippen LogP contribution in [0.3, 0.4) is 0 Å². The topological polar surface area (TPSA) is 47.3 Å². The van der Waals surface area contributed by atoms with Crippen molar-refractivity contribution in [2.45, 2.75) is 46.6 Å². The van der Waals surface area contributed by atoms with E-state index in [4.69, 9.17) is 5.26 Å². The summed E-state index contributed by atoms with van der Waals surface area (Å²) < 4.78 is 0. The molecule has 0 aromatic heterocycles. The van der Waals surface area contributed by atoms with Gasteiger partial charge in [-0.3, -0.25) is 4.79 Å². The van der Waals surface area contributed by atoms with E-state index in [-0.39, 0.29) is 37.8 Å². The summed E-state index contributed by atoms with van der Waals surface area (Å²) in [7, 11) is 2.03. The number of carbonyl (C=O) groups is 1. The summed E-state index contributed by atoms with van der Waals surface area (Å²) in [6, 6.07) is 2.20. The van der Waals surface area contributed by atoms with Crippen LogP contribution in [0.5, 0.6) is 0 Å². The minimum absolute atomic E-state index is 0. The summed E-state index contributed by atoms with van der Waals surface area (Å²) in [5.74, 6) is 1.39. The summed E-state index contributed by atoms with van der Waals surface area (Å²) in [6.07, 6.45) is 5.07. The van der Waals surface area contributed by atoms with E-state index in [1.54, 1.807) is 6.08 Å². The quantitative estimate of drug-likeness (QED) is 0.453. The van der Waals surface area contributed by atoms with Crippen LogP contribution < -0.4 is 0 Å². The maximum Gasteiger partial charge on any atom is 0.246 e. The van der Waals surface area contributed by atoms with Crippen LogP contribution in [-0.2, 0) is 25.2 Å². The minimum atomic E-state index is -0.00814. The minimum Gasteiger partial charge on any atom is -0.333 e. The predicted octanol–water partition coefficient (Wildman–Crippen LogP) is 2.63. The first-order chi connectivity index (χ1) is 9.75. The molecular weight excluding hydrogens is 448 g/mol. The number of hydrogen-bond donors (Lipinski definition) is 0. The average Bonchev–Trinajstić information content (AvgIpc) is 2.35. The molecule has 0 aromatic rings. The van der Waals surface area contributed by atoms with Crippen molar-refractivity contribution in [3.63, 3.8) is 0 Å². The van der Waals surface area contributed by atoms with Crippen LogP contribution in [0.2, 0.25) is 0 Å². The molecule has 1 fully saturated rings. The number of likely N-dealkylation sites (N-methyl/N-ethyl adjacent to an activating group) is 1. The van der Waals surface area contributed by atoms with Crippen molar-refractivity contribution < 1.29 is 25.2 Å². The first kappa shape index (κ1) is 21.3. The molecule has 5 heteroatoms. The number of rotatable bonds is 5. The van der Waals surface area contributed by atoms with Crippen LogP contribution in [-0.4, -0.2) is 48.4 Å². The third-order valence-corrected chi connectivity index (χ3v) is 3.78. The second kappa shape index (κ2) is 9.46. The summed E-state index contributed by atoms with van der Waals surface area (Å²) in [5, 5.41) is 8.94. The van der Waals surface area contributed by atoms with Gasteiger partial charge in [-0.25, -0.2) is 0 Å². The summed E-state index contributed by atoms with van der Waals surface area (Å²) >= 11 is 0. The van der Waals surface area contributed by atoms with Crippen molar-refractivity contribution in [3.8, 4) is 6.07 Å². The molecule has 1 saturated heterocycles. The van der Waals surface area contributed by atoms with Gasteiger partial charge in [0.25, 0.3) is 0 Å². The monoisotopic (exact) mass is 477 g/mol. The fourth-order valence-electron chi connectivity index (χ4n) is 2.94. The maximum absolute atomic E-state index is 12.4. The Morgan fingerprint density at radius 1 is 1.41 bits per heavy atom. The molecule has 1 amide bonds. The molecule has 1 unspecified atom stereocenters. The van der Waals surface area contributed by atoms with E-state index < -0.39 is 0 Å². The predicted molar refractivity (Wildman–Crippen MR) is 85.4 cm³/mol. The Labute approximate surface area is 149 Å². The van der Waals surface area contributed by atoms with Gasteiger partial charge in [-0.15, -0.1) is 0 Å². The largest absolute Gasteiger partial charge is 0.333 e. The van der Waals surface area contributed by atoms with Gasteiger partial charge in [-0.05, 0) is 18.5 Å². The molecule has 0 aliphatic carbocycles. The number of allylic oxidation sites excluding steroid dienone is 1. The zero-order chi connectivity index (χ0) is 16.0.